The van der Waals surface area contributed by atoms with Gasteiger partial charge in [-0.3, -0.25) is 4.98 Å². The number of ether oxygens (including phenoxy) is 1. The Kier molecular flexibility index (Phi) is 2.45. The first-order chi connectivity index (χ1) is 7.31. The zero-order chi connectivity index (χ0) is 10.7. The van der Waals surface area contributed by atoms with Crippen LogP contribution in [0.15, 0.2) is 30.6 Å². The van der Waals surface area contributed by atoms with E-state index in [0.717, 1.165) is 5.56 Å². The van der Waals surface area contributed by atoms with Gasteiger partial charge in [-0.1, -0.05) is 0 Å². The minimum Gasteiger partial charge on any atom is -0.478 e. The first kappa shape index (κ1) is 9.39. The summed E-state index contributed by atoms with van der Waals surface area (Å²) < 4.78 is 4.92. The Balaban J connectivity index is 2.43. The number of nitrogen functional groups attached to an aromatic ring is 1. The average Bonchev–Trinajstić information content (AvgIpc) is 2.30. The van der Waals surface area contributed by atoms with Crippen LogP contribution in [0.4, 0.5) is 5.69 Å². The van der Waals surface area contributed by atoms with Crippen LogP contribution in [0.3, 0.4) is 0 Å². The van der Waals surface area contributed by atoms with Gasteiger partial charge in [-0.2, -0.15) is 0 Å². The molecule has 2 rings (SSSR count). The van der Waals surface area contributed by atoms with Crippen molar-refractivity contribution in [2.24, 2.45) is 0 Å². The highest BCUT2D eigenvalue weighted by atomic mass is 16.5. The molecule has 0 saturated carbocycles. The predicted molar refractivity (Wildman–Crippen MR) is 56.2 cm³/mol. The molecule has 0 aliphatic rings. The van der Waals surface area contributed by atoms with E-state index < -0.39 is 0 Å². The number of anilines is 1. The van der Waals surface area contributed by atoms with Crippen molar-refractivity contribution >= 4 is 5.69 Å². The van der Waals surface area contributed by atoms with E-state index >= 15 is 0 Å². The highest BCUT2D eigenvalue weighted by molar-refractivity contribution is 5.64. The topological polar surface area (TPSA) is 73.9 Å². The van der Waals surface area contributed by atoms with E-state index in [9.17, 15) is 0 Å². The van der Waals surface area contributed by atoms with Crippen LogP contribution in [0.2, 0.25) is 0 Å². The fraction of sp³-hybridized carbons (Fsp3) is 0.100. The summed E-state index contributed by atoms with van der Waals surface area (Å²) in [6, 6.07) is 5.41. The van der Waals surface area contributed by atoms with Gasteiger partial charge in [-0.15, -0.1) is 10.2 Å². The Bertz CT molecular complexity index is 458. The number of nitrogens with two attached hydrogens (primary N) is 1. The largest absolute Gasteiger partial charge is 0.478 e. The Morgan fingerprint density at radius 1 is 1.20 bits per heavy atom. The van der Waals surface area contributed by atoms with Gasteiger partial charge in [0.2, 0.25) is 0 Å². The molecule has 76 valence electrons. The van der Waals surface area contributed by atoms with Crippen molar-refractivity contribution in [1.82, 2.24) is 15.2 Å². The zero-order valence-electron chi connectivity index (χ0n) is 8.21. The lowest BCUT2D eigenvalue weighted by molar-refractivity contribution is 0.394. The molecule has 0 aliphatic heterocycles. The van der Waals surface area contributed by atoms with Crippen molar-refractivity contribution < 1.29 is 4.74 Å². The zero-order valence-corrected chi connectivity index (χ0v) is 8.21. The van der Waals surface area contributed by atoms with Crippen LogP contribution in [0, 0.1) is 0 Å². The molecular weight excluding hydrogens is 192 g/mol. The van der Waals surface area contributed by atoms with Gasteiger partial charge in [-0.05, 0) is 18.2 Å². The van der Waals surface area contributed by atoms with Crippen LogP contribution >= 0.6 is 0 Å². The number of hydrogen-bond acceptors (Lipinski definition) is 5. The van der Waals surface area contributed by atoms with Crippen molar-refractivity contribution in [3.63, 3.8) is 0 Å². The summed E-state index contributed by atoms with van der Waals surface area (Å²) >= 11 is 0. The molecule has 0 spiro atoms. The van der Waals surface area contributed by atoms with Gasteiger partial charge in [0.15, 0.2) is 0 Å². The summed E-state index contributed by atoms with van der Waals surface area (Å²) in [5, 5.41) is 7.85. The number of hydrogen-bond donors (Lipinski definition) is 1. The van der Waals surface area contributed by atoms with Crippen LogP contribution in [0.25, 0.3) is 11.3 Å². The molecule has 15 heavy (non-hydrogen) atoms. The van der Waals surface area contributed by atoms with Crippen molar-refractivity contribution in [3.8, 4) is 17.1 Å². The molecule has 0 amide bonds. The molecule has 0 unspecified atom stereocenters. The fourth-order valence-corrected chi connectivity index (χ4v) is 1.22. The maximum Gasteiger partial charge on any atom is 0.256 e. The van der Waals surface area contributed by atoms with Crippen molar-refractivity contribution in [3.05, 3.63) is 30.6 Å². The monoisotopic (exact) mass is 202 g/mol. The standard InChI is InChI=1S/C10H10N4O/c1-15-10-8(11)6-9(13-14-10)7-2-4-12-5-3-7/h2-6H,1H3,(H2,11,13). The maximum atomic E-state index is 5.73. The molecule has 0 saturated heterocycles. The maximum absolute atomic E-state index is 5.73. The van der Waals surface area contributed by atoms with Crippen LogP contribution < -0.4 is 10.5 Å². The lowest BCUT2D eigenvalue weighted by atomic mass is 10.2. The molecule has 0 bridgehead atoms. The minimum atomic E-state index is 0.341. The van der Waals surface area contributed by atoms with Gasteiger partial charge < -0.3 is 10.5 Å². The third-order valence-electron chi connectivity index (χ3n) is 1.96. The Labute approximate surface area is 86.9 Å². The lowest BCUT2D eigenvalue weighted by Gasteiger charge is -2.04. The Morgan fingerprint density at radius 2 is 1.93 bits per heavy atom. The van der Waals surface area contributed by atoms with E-state index in [4.69, 9.17) is 10.5 Å². The number of aromatic nitrogens is 3. The molecule has 5 heteroatoms. The van der Waals surface area contributed by atoms with Crippen LogP contribution in [-0.4, -0.2) is 22.3 Å². The first-order valence-electron chi connectivity index (χ1n) is 4.39. The summed E-state index contributed by atoms with van der Waals surface area (Å²) in [6.45, 7) is 0. The summed E-state index contributed by atoms with van der Waals surface area (Å²) in [6.07, 6.45) is 3.38. The van der Waals surface area contributed by atoms with Gasteiger partial charge in [0.05, 0.1) is 18.5 Å². The molecule has 0 radical (unpaired) electrons. The molecular formula is C10H10N4O. The van der Waals surface area contributed by atoms with Crippen molar-refractivity contribution in [2.45, 2.75) is 0 Å². The summed E-state index contributed by atoms with van der Waals surface area (Å²) in [5.74, 6) is 0.341. The second-order valence-corrected chi connectivity index (χ2v) is 2.93. The second-order valence-electron chi connectivity index (χ2n) is 2.93. The Hall–Kier alpha value is -2.17. The van der Waals surface area contributed by atoms with Gasteiger partial charge in [0.25, 0.3) is 5.88 Å². The molecule has 5 nitrogen and oxygen atoms in total. The first-order valence-corrected chi connectivity index (χ1v) is 4.39. The van der Waals surface area contributed by atoms with E-state index in [0.29, 0.717) is 17.3 Å². The second kappa shape index (κ2) is 3.91. The number of rotatable bonds is 2. The lowest BCUT2D eigenvalue weighted by Crippen LogP contribution is -1.98. The highest BCUT2D eigenvalue weighted by Gasteiger charge is 2.05. The van der Waals surface area contributed by atoms with E-state index in [2.05, 4.69) is 15.2 Å². The quantitative estimate of drug-likeness (QED) is 0.790. The van der Waals surface area contributed by atoms with Crippen LogP contribution in [-0.2, 0) is 0 Å². The molecule has 2 aromatic heterocycles. The minimum absolute atomic E-state index is 0.341. The SMILES string of the molecule is COc1nnc(-c2ccncc2)cc1N. The van der Waals surface area contributed by atoms with Crippen LogP contribution in [0.5, 0.6) is 5.88 Å². The highest BCUT2D eigenvalue weighted by Crippen LogP contribution is 2.22. The molecule has 2 aromatic rings. The molecule has 0 fully saturated rings. The number of pyridine rings is 1. The summed E-state index contributed by atoms with van der Waals surface area (Å²) in [4.78, 5) is 3.92. The fourth-order valence-electron chi connectivity index (χ4n) is 1.22. The van der Waals surface area contributed by atoms with Crippen molar-refractivity contribution in [1.29, 1.82) is 0 Å². The summed E-state index contributed by atoms with van der Waals surface area (Å²) in [7, 11) is 1.51. The molecule has 2 N–H and O–H groups in total. The normalized spacial score (nSPS) is 9.93. The van der Waals surface area contributed by atoms with Gasteiger partial charge in [0, 0.05) is 18.0 Å². The molecule has 0 aliphatic carbocycles. The Morgan fingerprint density at radius 3 is 2.53 bits per heavy atom. The smallest absolute Gasteiger partial charge is 0.256 e. The van der Waals surface area contributed by atoms with Gasteiger partial charge >= 0.3 is 0 Å². The van der Waals surface area contributed by atoms with E-state index in [1.807, 2.05) is 12.1 Å². The average molecular weight is 202 g/mol. The third kappa shape index (κ3) is 1.85. The van der Waals surface area contributed by atoms with E-state index in [1.165, 1.54) is 7.11 Å². The summed E-state index contributed by atoms with van der Waals surface area (Å²) in [5.41, 5.74) is 7.83. The van der Waals surface area contributed by atoms with Gasteiger partial charge in [0.1, 0.15) is 0 Å². The number of methoxy groups -OCH3 is 1. The molecule has 2 heterocycles. The predicted octanol–water partition coefficient (Wildman–Crippen LogP) is 1.13. The number of nitrogens with zero attached hydrogens (tertiary/aromatic N) is 3. The molecule has 0 atom stereocenters. The van der Waals surface area contributed by atoms with Crippen LogP contribution in [0.1, 0.15) is 0 Å². The van der Waals surface area contributed by atoms with E-state index in [1.54, 1.807) is 18.5 Å². The molecule has 0 aromatic carbocycles. The van der Waals surface area contributed by atoms with E-state index in [-0.39, 0.29) is 0 Å². The van der Waals surface area contributed by atoms with Gasteiger partial charge in [-0.25, -0.2) is 0 Å². The third-order valence-corrected chi connectivity index (χ3v) is 1.96. The van der Waals surface area contributed by atoms with Crippen molar-refractivity contribution in [2.75, 3.05) is 12.8 Å².